The number of nitrogens with one attached hydrogen (secondary N) is 2. The molecule has 0 atom stereocenters. The first-order chi connectivity index (χ1) is 9.54. The largest absolute Gasteiger partial charge is 0.376 e. The molecule has 2 rings (SSSR count). The van der Waals surface area contributed by atoms with Crippen LogP contribution in [0, 0.1) is 6.92 Å². The van der Waals surface area contributed by atoms with Gasteiger partial charge >= 0.3 is 0 Å². The highest BCUT2D eigenvalue weighted by Gasteiger charge is 2.03. The van der Waals surface area contributed by atoms with Gasteiger partial charge in [0.1, 0.15) is 0 Å². The molecule has 2 aromatic rings. The summed E-state index contributed by atoms with van der Waals surface area (Å²) in [7, 11) is 0. The van der Waals surface area contributed by atoms with Crippen molar-refractivity contribution in [3.8, 4) is 0 Å². The molecule has 5 heteroatoms. The zero-order valence-corrected chi connectivity index (χ0v) is 12.4. The first kappa shape index (κ1) is 14.7. The Hall–Kier alpha value is -1.71. The summed E-state index contributed by atoms with van der Waals surface area (Å²) in [5.74, 6) is -0.149. The smallest absolute Gasteiger partial charge is 0.243 e. The molecular formula is C15H14Cl2N2O. The fourth-order valence-electron chi connectivity index (χ4n) is 1.66. The SMILES string of the molecule is Cc1ccc(NCC(=O)Nc2cccc(Cl)c2)cc1Cl. The molecule has 104 valence electrons. The Labute approximate surface area is 127 Å². The van der Waals surface area contributed by atoms with Crippen molar-refractivity contribution >= 4 is 40.5 Å². The van der Waals surface area contributed by atoms with Gasteiger partial charge in [0.05, 0.1) is 6.54 Å². The summed E-state index contributed by atoms with van der Waals surface area (Å²) >= 11 is 11.9. The minimum absolute atomic E-state index is 0.149. The average molecular weight is 309 g/mol. The Morgan fingerprint density at radius 1 is 1.10 bits per heavy atom. The molecule has 0 aliphatic carbocycles. The van der Waals surface area contributed by atoms with Crippen molar-refractivity contribution in [2.45, 2.75) is 6.92 Å². The first-order valence-electron chi connectivity index (χ1n) is 6.10. The molecule has 0 saturated carbocycles. The standard InChI is InChI=1S/C15H14Cl2N2O/c1-10-5-6-12(8-14(10)17)18-9-15(20)19-13-4-2-3-11(16)7-13/h2-8,18H,9H2,1H3,(H,19,20). The lowest BCUT2D eigenvalue weighted by molar-refractivity contribution is -0.114. The van der Waals surface area contributed by atoms with Crippen LogP contribution in [0.25, 0.3) is 0 Å². The van der Waals surface area contributed by atoms with Gasteiger partial charge in [-0.1, -0.05) is 35.3 Å². The first-order valence-corrected chi connectivity index (χ1v) is 6.85. The van der Waals surface area contributed by atoms with E-state index in [1.165, 1.54) is 0 Å². The third-order valence-corrected chi connectivity index (χ3v) is 3.38. The molecule has 1 amide bonds. The summed E-state index contributed by atoms with van der Waals surface area (Å²) in [5, 5.41) is 7.03. The van der Waals surface area contributed by atoms with Crippen molar-refractivity contribution in [3.05, 3.63) is 58.1 Å². The molecule has 0 heterocycles. The zero-order chi connectivity index (χ0) is 14.5. The monoisotopic (exact) mass is 308 g/mol. The number of carbonyl (C=O) groups excluding carboxylic acids is 1. The summed E-state index contributed by atoms with van der Waals surface area (Å²) in [4.78, 5) is 11.8. The van der Waals surface area contributed by atoms with E-state index < -0.39 is 0 Å². The van der Waals surface area contributed by atoms with E-state index in [0.717, 1.165) is 11.3 Å². The highest BCUT2D eigenvalue weighted by Crippen LogP contribution is 2.20. The minimum Gasteiger partial charge on any atom is -0.376 e. The van der Waals surface area contributed by atoms with E-state index in [2.05, 4.69) is 10.6 Å². The van der Waals surface area contributed by atoms with Crippen LogP contribution in [-0.2, 0) is 4.79 Å². The molecule has 3 nitrogen and oxygen atoms in total. The van der Waals surface area contributed by atoms with Gasteiger partial charge in [0.2, 0.25) is 5.91 Å². The third kappa shape index (κ3) is 4.15. The lowest BCUT2D eigenvalue weighted by atomic mass is 10.2. The summed E-state index contributed by atoms with van der Waals surface area (Å²) in [5.41, 5.74) is 2.48. The summed E-state index contributed by atoms with van der Waals surface area (Å²) < 4.78 is 0. The van der Waals surface area contributed by atoms with E-state index in [1.807, 2.05) is 19.1 Å². The van der Waals surface area contributed by atoms with Crippen LogP contribution in [0.2, 0.25) is 10.0 Å². The van der Waals surface area contributed by atoms with Gasteiger partial charge in [0.25, 0.3) is 0 Å². The van der Waals surface area contributed by atoms with Gasteiger partial charge in [-0.3, -0.25) is 4.79 Å². The van der Waals surface area contributed by atoms with Gasteiger partial charge in [0, 0.05) is 21.4 Å². The predicted molar refractivity (Wildman–Crippen MR) is 84.8 cm³/mol. The Balaban J connectivity index is 1.90. The molecular weight excluding hydrogens is 295 g/mol. The molecule has 0 unspecified atom stereocenters. The highest BCUT2D eigenvalue weighted by molar-refractivity contribution is 6.31. The Kier molecular flexibility index (Phi) is 4.88. The van der Waals surface area contributed by atoms with Crippen LogP contribution >= 0.6 is 23.2 Å². The number of hydrogen-bond donors (Lipinski definition) is 2. The summed E-state index contributed by atoms with van der Waals surface area (Å²) in [6.45, 7) is 2.09. The van der Waals surface area contributed by atoms with Gasteiger partial charge in [-0.25, -0.2) is 0 Å². The number of aryl methyl sites for hydroxylation is 1. The summed E-state index contributed by atoms with van der Waals surface area (Å²) in [6.07, 6.45) is 0. The molecule has 0 bridgehead atoms. The van der Waals surface area contributed by atoms with Crippen LogP contribution in [-0.4, -0.2) is 12.5 Å². The van der Waals surface area contributed by atoms with Crippen molar-refractivity contribution in [1.29, 1.82) is 0 Å². The number of halogens is 2. The Morgan fingerprint density at radius 3 is 2.60 bits per heavy atom. The molecule has 0 aliphatic rings. The number of hydrogen-bond acceptors (Lipinski definition) is 2. The Morgan fingerprint density at radius 2 is 1.90 bits per heavy atom. The maximum absolute atomic E-state index is 11.8. The van der Waals surface area contributed by atoms with Crippen molar-refractivity contribution < 1.29 is 4.79 Å². The number of anilines is 2. The molecule has 2 aromatic carbocycles. The lowest BCUT2D eigenvalue weighted by Gasteiger charge is -2.09. The molecule has 0 saturated heterocycles. The molecule has 2 N–H and O–H groups in total. The number of amides is 1. The van der Waals surface area contributed by atoms with E-state index in [1.54, 1.807) is 30.3 Å². The van der Waals surface area contributed by atoms with E-state index in [4.69, 9.17) is 23.2 Å². The van der Waals surface area contributed by atoms with Gasteiger partial charge in [-0.05, 0) is 42.8 Å². The van der Waals surface area contributed by atoms with Crippen LogP contribution in [0.5, 0.6) is 0 Å². The predicted octanol–water partition coefficient (Wildman–Crippen LogP) is 4.35. The second-order valence-electron chi connectivity index (χ2n) is 4.38. The molecule has 20 heavy (non-hydrogen) atoms. The van der Waals surface area contributed by atoms with Gasteiger partial charge in [0.15, 0.2) is 0 Å². The van der Waals surface area contributed by atoms with Gasteiger partial charge in [-0.15, -0.1) is 0 Å². The molecule has 0 fully saturated rings. The summed E-state index contributed by atoms with van der Waals surface area (Å²) in [6, 6.07) is 12.6. The Bertz CT molecular complexity index is 629. The van der Waals surface area contributed by atoms with Gasteiger partial charge in [-0.2, -0.15) is 0 Å². The fraction of sp³-hybridized carbons (Fsp3) is 0.133. The van der Waals surface area contributed by atoms with E-state index in [0.29, 0.717) is 15.7 Å². The molecule has 0 radical (unpaired) electrons. The van der Waals surface area contributed by atoms with Crippen molar-refractivity contribution in [2.75, 3.05) is 17.2 Å². The maximum Gasteiger partial charge on any atom is 0.243 e. The van der Waals surface area contributed by atoms with E-state index in [-0.39, 0.29) is 12.5 Å². The fourth-order valence-corrected chi connectivity index (χ4v) is 2.03. The average Bonchev–Trinajstić information content (AvgIpc) is 2.40. The van der Waals surface area contributed by atoms with E-state index in [9.17, 15) is 4.79 Å². The van der Waals surface area contributed by atoms with Crippen molar-refractivity contribution in [3.63, 3.8) is 0 Å². The second-order valence-corrected chi connectivity index (χ2v) is 5.22. The minimum atomic E-state index is -0.149. The number of rotatable bonds is 4. The van der Waals surface area contributed by atoms with Gasteiger partial charge < -0.3 is 10.6 Å². The van der Waals surface area contributed by atoms with Crippen LogP contribution in [0.4, 0.5) is 11.4 Å². The quantitative estimate of drug-likeness (QED) is 0.881. The van der Waals surface area contributed by atoms with Crippen LogP contribution < -0.4 is 10.6 Å². The number of carbonyl (C=O) groups is 1. The van der Waals surface area contributed by atoms with Crippen LogP contribution in [0.1, 0.15) is 5.56 Å². The van der Waals surface area contributed by atoms with E-state index >= 15 is 0 Å². The molecule has 0 aliphatic heterocycles. The maximum atomic E-state index is 11.8. The lowest BCUT2D eigenvalue weighted by Crippen LogP contribution is -2.21. The van der Waals surface area contributed by atoms with Crippen molar-refractivity contribution in [2.24, 2.45) is 0 Å². The highest BCUT2D eigenvalue weighted by atomic mass is 35.5. The normalized spacial score (nSPS) is 10.2. The third-order valence-electron chi connectivity index (χ3n) is 2.73. The van der Waals surface area contributed by atoms with Crippen LogP contribution in [0.15, 0.2) is 42.5 Å². The second kappa shape index (κ2) is 6.64. The molecule has 0 spiro atoms. The number of benzene rings is 2. The van der Waals surface area contributed by atoms with Crippen LogP contribution in [0.3, 0.4) is 0 Å². The van der Waals surface area contributed by atoms with Crippen molar-refractivity contribution in [1.82, 2.24) is 0 Å². The zero-order valence-electron chi connectivity index (χ0n) is 10.9. The molecule has 0 aromatic heterocycles. The topological polar surface area (TPSA) is 41.1 Å².